The van der Waals surface area contributed by atoms with Gasteiger partial charge in [-0.3, -0.25) is 4.79 Å². The van der Waals surface area contributed by atoms with Crippen LogP contribution in [0.15, 0.2) is 24.3 Å². The number of Topliss-reactive ketones (excluding diaryl/α,β-unsaturated/α-hetero) is 1. The molecule has 1 saturated carbocycles. The number of nitrogens with zero attached hydrogens (tertiary/aromatic N) is 1. The van der Waals surface area contributed by atoms with Gasteiger partial charge in [-0.05, 0) is 51.0 Å². The fraction of sp³-hybridized carbons (Fsp3) is 0.353. The lowest BCUT2D eigenvalue weighted by Gasteiger charge is -2.09. The third kappa shape index (κ3) is 3.01. The minimum Gasteiger partial charge on any atom is -0.376 e. The van der Waals surface area contributed by atoms with E-state index in [1.54, 1.807) is 18.2 Å². The zero-order valence-electron chi connectivity index (χ0n) is 12.6. The maximum Gasteiger partial charge on any atom is 0.183 e. The van der Waals surface area contributed by atoms with Gasteiger partial charge in [-0.15, -0.1) is 0 Å². The Labute approximate surface area is 140 Å². The van der Waals surface area contributed by atoms with Gasteiger partial charge >= 0.3 is 0 Å². The number of nitrogens with one attached hydrogen (secondary N) is 1. The van der Waals surface area contributed by atoms with Crippen molar-refractivity contribution in [3.63, 3.8) is 0 Å². The monoisotopic (exact) mass is 336 g/mol. The van der Waals surface area contributed by atoms with Crippen LogP contribution in [0.5, 0.6) is 0 Å². The Morgan fingerprint density at radius 2 is 2.00 bits per heavy atom. The van der Waals surface area contributed by atoms with Crippen LogP contribution >= 0.6 is 23.2 Å². The highest BCUT2D eigenvalue weighted by molar-refractivity contribution is 6.35. The van der Waals surface area contributed by atoms with Crippen molar-refractivity contribution in [2.75, 3.05) is 11.9 Å². The molecule has 0 saturated heterocycles. The highest BCUT2D eigenvalue weighted by atomic mass is 35.5. The zero-order valence-corrected chi connectivity index (χ0v) is 14.1. The number of hydrogen-bond acceptors (Lipinski definition) is 2. The number of hydrogen-bond donors (Lipinski definition) is 1. The molecule has 5 heteroatoms. The summed E-state index contributed by atoms with van der Waals surface area (Å²) in [6.07, 6.45) is 2.42. The van der Waals surface area contributed by atoms with Gasteiger partial charge in [-0.25, -0.2) is 0 Å². The minimum absolute atomic E-state index is 0.0658. The number of aromatic nitrogens is 1. The van der Waals surface area contributed by atoms with Gasteiger partial charge in [0.1, 0.15) is 0 Å². The molecule has 0 unspecified atom stereocenters. The van der Waals surface area contributed by atoms with E-state index in [0.717, 1.165) is 17.0 Å². The SMILES string of the molecule is Cc1cc(C(=O)CNc2cc(Cl)ccc2Cl)c(C)n1C1CC1. The van der Waals surface area contributed by atoms with Gasteiger partial charge in [0, 0.05) is 28.0 Å². The molecule has 116 valence electrons. The van der Waals surface area contributed by atoms with Gasteiger partial charge in [0.25, 0.3) is 0 Å². The number of carbonyl (C=O) groups excluding carboxylic acids is 1. The summed E-state index contributed by atoms with van der Waals surface area (Å²) in [6.45, 7) is 4.28. The number of aryl methyl sites for hydroxylation is 1. The maximum absolute atomic E-state index is 12.5. The number of rotatable bonds is 5. The Balaban J connectivity index is 1.75. The number of halogens is 2. The smallest absolute Gasteiger partial charge is 0.183 e. The molecule has 2 aromatic rings. The molecule has 0 bridgehead atoms. The second kappa shape index (κ2) is 5.98. The van der Waals surface area contributed by atoms with Gasteiger partial charge in [-0.2, -0.15) is 0 Å². The molecule has 3 rings (SSSR count). The van der Waals surface area contributed by atoms with Gasteiger partial charge in [-0.1, -0.05) is 23.2 Å². The van der Waals surface area contributed by atoms with Crippen LogP contribution in [0.2, 0.25) is 10.0 Å². The lowest BCUT2D eigenvalue weighted by atomic mass is 10.1. The van der Waals surface area contributed by atoms with Crippen molar-refractivity contribution in [2.45, 2.75) is 32.7 Å². The van der Waals surface area contributed by atoms with Crippen LogP contribution in [0.4, 0.5) is 5.69 Å². The molecule has 1 aromatic carbocycles. The van der Waals surface area contributed by atoms with E-state index in [2.05, 4.69) is 16.8 Å². The average Bonchev–Trinajstić information content (AvgIpc) is 3.25. The minimum atomic E-state index is 0.0658. The van der Waals surface area contributed by atoms with E-state index < -0.39 is 0 Å². The van der Waals surface area contributed by atoms with E-state index in [1.807, 2.05) is 13.0 Å². The summed E-state index contributed by atoms with van der Waals surface area (Å²) in [4.78, 5) is 12.5. The molecule has 0 spiro atoms. The molecular formula is C17H18Cl2N2O. The zero-order chi connectivity index (χ0) is 15.9. The van der Waals surface area contributed by atoms with Gasteiger partial charge < -0.3 is 9.88 Å². The molecule has 3 nitrogen and oxygen atoms in total. The number of anilines is 1. The van der Waals surface area contributed by atoms with E-state index in [4.69, 9.17) is 23.2 Å². The quantitative estimate of drug-likeness (QED) is 0.776. The van der Waals surface area contributed by atoms with Crippen LogP contribution in [0.3, 0.4) is 0 Å². The third-order valence-corrected chi connectivity index (χ3v) is 4.63. The van der Waals surface area contributed by atoms with Crippen molar-refractivity contribution in [2.24, 2.45) is 0 Å². The Hall–Kier alpha value is -1.45. The van der Waals surface area contributed by atoms with Crippen molar-refractivity contribution in [1.29, 1.82) is 0 Å². The first-order chi connectivity index (χ1) is 10.5. The summed E-state index contributed by atoms with van der Waals surface area (Å²) < 4.78 is 2.28. The number of carbonyl (C=O) groups is 1. The summed E-state index contributed by atoms with van der Waals surface area (Å²) in [7, 11) is 0. The predicted molar refractivity (Wildman–Crippen MR) is 91.5 cm³/mol. The highest BCUT2D eigenvalue weighted by Gasteiger charge is 2.28. The normalized spacial score (nSPS) is 14.2. The fourth-order valence-electron chi connectivity index (χ4n) is 2.86. The Morgan fingerprint density at radius 3 is 2.68 bits per heavy atom. The molecule has 0 amide bonds. The van der Waals surface area contributed by atoms with Gasteiger partial charge in [0.2, 0.25) is 0 Å². The average molecular weight is 337 g/mol. The van der Waals surface area contributed by atoms with Gasteiger partial charge in [0.15, 0.2) is 5.78 Å². The lowest BCUT2D eigenvalue weighted by Crippen LogP contribution is -2.15. The molecule has 0 atom stereocenters. The van der Waals surface area contributed by atoms with Crippen LogP contribution in [0.1, 0.15) is 40.6 Å². The summed E-state index contributed by atoms with van der Waals surface area (Å²) in [6, 6.07) is 7.73. The highest BCUT2D eigenvalue weighted by Crippen LogP contribution is 2.38. The predicted octanol–water partition coefficient (Wildman–Crippen LogP) is 5.04. The molecule has 1 aliphatic rings. The molecule has 1 heterocycles. The molecule has 22 heavy (non-hydrogen) atoms. The Bertz CT molecular complexity index is 733. The number of benzene rings is 1. The van der Waals surface area contributed by atoms with Gasteiger partial charge in [0.05, 0.1) is 17.3 Å². The van der Waals surface area contributed by atoms with E-state index in [9.17, 15) is 4.79 Å². The maximum atomic E-state index is 12.5. The van der Waals surface area contributed by atoms with E-state index in [-0.39, 0.29) is 12.3 Å². The van der Waals surface area contributed by atoms with Crippen molar-refractivity contribution >= 4 is 34.7 Å². The van der Waals surface area contributed by atoms with Crippen LogP contribution in [0.25, 0.3) is 0 Å². The first kappa shape index (κ1) is 15.4. The van der Waals surface area contributed by atoms with E-state index in [0.29, 0.717) is 21.8 Å². The summed E-state index contributed by atoms with van der Waals surface area (Å²) >= 11 is 12.1. The molecule has 0 aliphatic heterocycles. The summed E-state index contributed by atoms with van der Waals surface area (Å²) in [5.74, 6) is 0.0658. The third-order valence-electron chi connectivity index (χ3n) is 4.06. The van der Waals surface area contributed by atoms with Crippen LogP contribution < -0.4 is 5.32 Å². The van der Waals surface area contributed by atoms with Crippen LogP contribution in [-0.2, 0) is 0 Å². The lowest BCUT2D eigenvalue weighted by molar-refractivity contribution is 0.101. The molecule has 0 radical (unpaired) electrons. The summed E-state index contributed by atoms with van der Waals surface area (Å²) in [5.41, 5.74) is 3.68. The molecule has 1 fully saturated rings. The second-order valence-electron chi connectivity index (χ2n) is 5.79. The first-order valence-corrected chi connectivity index (χ1v) is 8.13. The first-order valence-electron chi connectivity index (χ1n) is 7.38. The van der Waals surface area contributed by atoms with Crippen molar-refractivity contribution in [1.82, 2.24) is 4.57 Å². The Kier molecular flexibility index (Phi) is 4.20. The molecule has 1 N–H and O–H groups in total. The molecule has 1 aromatic heterocycles. The molecular weight excluding hydrogens is 319 g/mol. The largest absolute Gasteiger partial charge is 0.376 e. The topological polar surface area (TPSA) is 34.0 Å². The standard InChI is InChI=1S/C17H18Cl2N2O/c1-10-7-14(11(2)21(10)13-4-5-13)17(22)9-20-16-8-12(18)3-6-15(16)19/h3,6-8,13,20H,4-5,9H2,1-2H3. The van der Waals surface area contributed by atoms with Crippen LogP contribution in [-0.4, -0.2) is 16.9 Å². The van der Waals surface area contributed by atoms with Crippen LogP contribution in [0, 0.1) is 13.8 Å². The van der Waals surface area contributed by atoms with Crippen molar-refractivity contribution in [3.05, 3.63) is 51.3 Å². The fourth-order valence-corrected chi connectivity index (χ4v) is 3.21. The van der Waals surface area contributed by atoms with Crippen molar-refractivity contribution in [3.8, 4) is 0 Å². The number of ketones is 1. The van der Waals surface area contributed by atoms with Crippen molar-refractivity contribution < 1.29 is 4.79 Å². The van der Waals surface area contributed by atoms with E-state index >= 15 is 0 Å². The Morgan fingerprint density at radius 1 is 1.27 bits per heavy atom. The molecule has 1 aliphatic carbocycles. The second-order valence-corrected chi connectivity index (χ2v) is 6.63. The summed E-state index contributed by atoms with van der Waals surface area (Å²) in [5, 5.41) is 4.22. The van der Waals surface area contributed by atoms with E-state index in [1.165, 1.54) is 12.8 Å².